The van der Waals surface area contributed by atoms with Crippen LogP contribution >= 0.6 is 0 Å². The van der Waals surface area contributed by atoms with Gasteiger partial charge in [0.05, 0.1) is 5.60 Å². The number of nitrogens with zero attached hydrogens (tertiary/aromatic N) is 4. The summed E-state index contributed by atoms with van der Waals surface area (Å²) in [5, 5.41) is 14.2. The van der Waals surface area contributed by atoms with E-state index in [1.807, 2.05) is 18.5 Å². The predicted octanol–water partition coefficient (Wildman–Crippen LogP) is 1.15. The first-order chi connectivity index (χ1) is 8.59. The molecule has 102 valence electrons. The normalized spacial score (nSPS) is 21.9. The number of aromatic nitrogens is 3. The van der Waals surface area contributed by atoms with Crippen molar-refractivity contribution in [2.75, 3.05) is 19.6 Å². The van der Waals surface area contributed by atoms with Crippen molar-refractivity contribution < 1.29 is 5.11 Å². The fourth-order valence-electron chi connectivity index (χ4n) is 2.51. The maximum atomic E-state index is 10.1. The molecule has 0 saturated carbocycles. The molecule has 2 rings (SSSR count). The van der Waals surface area contributed by atoms with E-state index in [2.05, 4.69) is 15.0 Å². The largest absolute Gasteiger partial charge is 0.389 e. The highest BCUT2D eigenvalue weighted by Crippen LogP contribution is 2.21. The molecule has 0 unspecified atom stereocenters. The van der Waals surface area contributed by atoms with Gasteiger partial charge in [0.1, 0.15) is 12.7 Å². The summed E-state index contributed by atoms with van der Waals surface area (Å²) in [6, 6.07) is 0. The Kier molecular flexibility index (Phi) is 4.35. The van der Waals surface area contributed by atoms with Crippen LogP contribution in [0.5, 0.6) is 0 Å². The summed E-state index contributed by atoms with van der Waals surface area (Å²) in [6.07, 6.45) is 6.55. The lowest BCUT2D eigenvalue weighted by Crippen LogP contribution is -2.44. The second kappa shape index (κ2) is 5.80. The maximum absolute atomic E-state index is 10.1. The van der Waals surface area contributed by atoms with E-state index in [0.29, 0.717) is 5.92 Å². The van der Waals surface area contributed by atoms with E-state index in [-0.39, 0.29) is 0 Å². The van der Waals surface area contributed by atoms with Crippen LogP contribution < -0.4 is 0 Å². The van der Waals surface area contributed by atoms with Gasteiger partial charge in [-0.05, 0) is 45.2 Å². The molecule has 0 spiro atoms. The van der Waals surface area contributed by atoms with Crippen LogP contribution in [0.3, 0.4) is 0 Å². The fourth-order valence-corrected chi connectivity index (χ4v) is 2.51. The second-order valence-corrected chi connectivity index (χ2v) is 5.69. The van der Waals surface area contributed by atoms with Crippen molar-refractivity contribution in [2.45, 2.75) is 45.3 Å². The molecule has 18 heavy (non-hydrogen) atoms. The molecule has 0 amide bonds. The molecule has 0 aromatic carbocycles. The molecule has 2 heterocycles. The summed E-state index contributed by atoms with van der Waals surface area (Å²) >= 11 is 0. The van der Waals surface area contributed by atoms with Gasteiger partial charge < -0.3 is 10.0 Å². The third kappa shape index (κ3) is 3.78. The topological polar surface area (TPSA) is 54.2 Å². The van der Waals surface area contributed by atoms with Crippen LogP contribution in [0.1, 0.15) is 33.1 Å². The SMILES string of the molecule is CC[C@@](C)(O)CN1CCC(Cn2cncn2)CC1. The minimum atomic E-state index is -0.543. The third-order valence-corrected chi connectivity index (χ3v) is 3.94. The first-order valence-electron chi connectivity index (χ1n) is 6.86. The van der Waals surface area contributed by atoms with Crippen LogP contribution in [0.2, 0.25) is 0 Å². The molecule has 5 heteroatoms. The molecule has 5 nitrogen and oxygen atoms in total. The Morgan fingerprint density at radius 1 is 1.39 bits per heavy atom. The molecule has 1 aliphatic rings. The van der Waals surface area contributed by atoms with Crippen molar-refractivity contribution in [1.29, 1.82) is 0 Å². The Hall–Kier alpha value is -0.940. The number of likely N-dealkylation sites (tertiary alicyclic amines) is 1. The second-order valence-electron chi connectivity index (χ2n) is 5.69. The zero-order chi connectivity index (χ0) is 13.0. The van der Waals surface area contributed by atoms with Gasteiger partial charge in [0.2, 0.25) is 0 Å². The van der Waals surface area contributed by atoms with Crippen molar-refractivity contribution in [1.82, 2.24) is 19.7 Å². The summed E-state index contributed by atoms with van der Waals surface area (Å²) in [6.45, 7) is 7.88. The number of rotatable bonds is 5. The molecule has 1 saturated heterocycles. The summed E-state index contributed by atoms with van der Waals surface area (Å²) in [4.78, 5) is 6.35. The highest BCUT2D eigenvalue weighted by atomic mass is 16.3. The zero-order valence-corrected chi connectivity index (χ0v) is 11.4. The van der Waals surface area contributed by atoms with Gasteiger partial charge in [-0.2, -0.15) is 5.10 Å². The van der Waals surface area contributed by atoms with E-state index < -0.39 is 5.60 Å². The van der Waals surface area contributed by atoms with E-state index in [0.717, 1.165) is 32.6 Å². The Morgan fingerprint density at radius 3 is 2.67 bits per heavy atom. The standard InChI is InChI=1S/C13H24N4O/c1-3-13(2,18)9-16-6-4-12(5-7-16)8-17-11-14-10-15-17/h10-12,18H,3-9H2,1-2H3/t13-/m1/s1. The molecule has 1 aromatic rings. The quantitative estimate of drug-likeness (QED) is 0.854. The smallest absolute Gasteiger partial charge is 0.137 e. The van der Waals surface area contributed by atoms with Crippen LogP contribution in [0, 0.1) is 5.92 Å². The first kappa shape index (κ1) is 13.5. The summed E-state index contributed by atoms with van der Waals surface area (Å²) in [7, 11) is 0. The lowest BCUT2D eigenvalue weighted by molar-refractivity contribution is 0.00561. The average molecular weight is 252 g/mol. The van der Waals surface area contributed by atoms with Gasteiger partial charge in [0.15, 0.2) is 0 Å². The van der Waals surface area contributed by atoms with Gasteiger partial charge in [-0.1, -0.05) is 6.92 Å². The summed E-state index contributed by atoms with van der Waals surface area (Å²) < 4.78 is 1.92. The van der Waals surface area contributed by atoms with Gasteiger partial charge in [-0.15, -0.1) is 0 Å². The maximum Gasteiger partial charge on any atom is 0.137 e. The number of hydrogen-bond acceptors (Lipinski definition) is 4. The Balaban J connectivity index is 1.74. The Bertz CT molecular complexity index is 342. The Labute approximate surface area is 109 Å². The molecule has 1 aliphatic heterocycles. The first-order valence-corrected chi connectivity index (χ1v) is 6.86. The predicted molar refractivity (Wildman–Crippen MR) is 70.1 cm³/mol. The molecular formula is C13H24N4O. The fraction of sp³-hybridized carbons (Fsp3) is 0.846. The van der Waals surface area contributed by atoms with Gasteiger partial charge >= 0.3 is 0 Å². The minimum Gasteiger partial charge on any atom is -0.389 e. The molecule has 1 fully saturated rings. The van der Waals surface area contributed by atoms with Crippen molar-refractivity contribution in [3.05, 3.63) is 12.7 Å². The van der Waals surface area contributed by atoms with Gasteiger partial charge in [0.25, 0.3) is 0 Å². The van der Waals surface area contributed by atoms with E-state index in [9.17, 15) is 5.11 Å². The molecule has 0 bridgehead atoms. The summed E-state index contributed by atoms with van der Waals surface area (Å²) in [5.74, 6) is 0.689. The lowest BCUT2D eigenvalue weighted by Gasteiger charge is -2.36. The van der Waals surface area contributed by atoms with Crippen LogP contribution in [-0.2, 0) is 6.54 Å². The number of piperidine rings is 1. The van der Waals surface area contributed by atoms with E-state index in [1.165, 1.54) is 12.8 Å². The Morgan fingerprint density at radius 2 is 2.11 bits per heavy atom. The number of hydrogen-bond donors (Lipinski definition) is 1. The third-order valence-electron chi connectivity index (χ3n) is 3.94. The highest BCUT2D eigenvalue weighted by molar-refractivity contribution is 4.80. The van der Waals surface area contributed by atoms with Gasteiger partial charge in [0, 0.05) is 13.1 Å². The van der Waals surface area contributed by atoms with Crippen LogP contribution in [-0.4, -0.2) is 50.0 Å². The monoisotopic (exact) mass is 252 g/mol. The molecule has 0 radical (unpaired) electrons. The van der Waals surface area contributed by atoms with Crippen molar-refractivity contribution in [3.63, 3.8) is 0 Å². The number of β-amino-alcohol motifs (C(OH)–C–C–N with tert-alkyl or cyclic N) is 1. The van der Waals surface area contributed by atoms with Crippen LogP contribution in [0.15, 0.2) is 12.7 Å². The highest BCUT2D eigenvalue weighted by Gasteiger charge is 2.26. The molecule has 1 N–H and O–H groups in total. The van der Waals surface area contributed by atoms with Crippen molar-refractivity contribution in [2.24, 2.45) is 5.92 Å². The molecule has 1 aromatic heterocycles. The lowest BCUT2D eigenvalue weighted by atomic mass is 9.95. The minimum absolute atomic E-state index is 0.543. The van der Waals surface area contributed by atoms with E-state index >= 15 is 0 Å². The van der Waals surface area contributed by atoms with Gasteiger partial charge in [-0.3, -0.25) is 4.68 Å². The van der Waals surface area contributed by atoms with Crippen molar-refractivity contribution >= 4 is 0 Å². The summed E-state index contributed by atoms with van der Waals surface area (Å²) in [5.41, 5.74) is -0.543. The van der Waals surface area contributed by atoms with Crippen LogP contribution in [0.25, 0.3) is 0 Å². The van der Waals surface area contributed by atoms with Crippen LogP contribution in [0.4, 0.5) is 0 Å². The number of aliphatic hydroxyl groups is 1. The van der Waals surface area contributed by atoms with Crippen molar-refractivity contribution in [3.8, 4) is 0 Å². The molecule has 0 aliphatic carbocycles. The molecular weight excluding hydrogens is 228 g/mol. The molecule has 1 atom stereocenters. The average Bonchev–Trinajstić information content (AvgIpc) is 2.84. The van der Waals surface area contributed by atoms with E-state index in [1.54, 1.807) is 12.7 Å². The van der Waals surface area contributed by atoms with E-state index in [4.69, 9.17) is 0 Å². The van der Waals surface area contributed by atoms with Gasteiger partial charge in [-0.25, -0.2) is 4.98 Å². The zero-order valence-electron chi connectivity index (χ0n) is 11.4.